The quantitative estimate of drug-likeness (QED) is 0.493. The predicted molar refractivity (Wildman–Crippen MR) is 26.3 cm³/mol. The molecule has 0 amide bonds. The van der Waals surface area contributed by atoms with Crippen LogP contribution in [0.5, 0.6) is 0 Å². The molecule has 2 radical (unpaired) electrons. The summed E-state index contributed by atoms with van der Waals surface area (Å²) in [6, 6.07) is 0. The van der Waals surface area contributed by atoms with Crippen molar-refractivity contribution in [1.82, 2.24) is 0 Å². The first-order chi connectivity index (χ1) is 2.89. The summed E-state index contributed by atoms with van der Waals surface area (Å²) in [5, 5.41) is 0. The van der Waals surface area contributed by atoms with E-state index in [9.17, 15) is 0 Å². The fourth-order valence-corrected chi connectivity index (χ4v) is 1.33. The summed E-state index contributed by atoms with van der Waals surface area (Å²) in [6.45, 7) is 2.06. The van der Waals surface area contributed by atoms with E-state index in [2.05, 4.69) is 0 Å². The summed E-state index contributed by atoms with van der Waals surface area (Å²) in [4.78, 5) is 0. The molecule has 0 aliphatic carbocycles. The van der Waals surface area contributed by atoms with Gasteiger partial charge < -0.3 is 0 Å². The number of ether oxygens (including phenoxy) is 1. The van der Waals surface area contributed by atoms with E-state index < -0.39 is 0 Å². The molecule has 34 valence electrons. The molecule has 1 heterocycles. The molecule has 1 aliphatic rings. The van der Waals surface area contributed by atoms with Crippen molar-refractivity contribution in [3.05, 3.63) is 0 Å². The number of hydrogen-bond donors (Lipinski definition) is 0. The van der Waals surface area contributed by atoms with Crippen molar-refractivity contribution in [2.45, 2.75) is 10.4 Å². The second-order valence-electron chi connectivity index (χ2n) is 1.62. The Morgan fingerprint density at radius 3 is 2.67 bits per heavy atom. The molecule has 1 aliphatic heterocycles. The summed E-state index contributed by atoms with van der Waals surface area (Å²) in [5.74, 6) is 0. The minimum absolute atomic E-state index is 0.954. The maximum absolute atomic E-state index is 5.09. The molecule has 0 N–H and O–H groups in total. The molecule has 1 atom stereocenters. The van der Waals surface area contributed by atoms with Crippen LogP contribution in [0, 0.1) is 0 Å². The average Bonchev–Trinajstić information content (AvgIpc) is 1.86. The average molecular weight is 191 g/mol. The van der Waals surface area contributed by atoms with Gasteiger partial charge in [-0.1, -0.05) is 0 Å². The summed E-state index contributed by atoms with van der Waals surface area (Å²) in [6.07, 6.45) is 1.32. The fraction of sp³-hybridized carbons (Fsp3) is 1.00. The Bertz CT molecular complexity index is 40.8. The Morgan fingerprint density at radius 1 is 1.67 bits per heavy atom. The summed E-state index contributed by atoms with van der Waals surface area (Å²) in [5.41, 5.74) is 0. The molecule has 0 bridgehead atoms. The molecule has 0 saturated carbocycles. The van der Waals surface area contributed by atoms with Crippen LogP contribution in [0.25, 0.3) is 0 Å². The minimum atomic E-state index is 0.954. The van der Waals surface area contributed by atoms with Crippen molar-refractivity contribution in [1.29, 1.82) is 0 Å². The van der Waals surface area contributed by atoms with Crippen molar-refractivity contribution in [3.63, 3.8) is 0 Å². The van der Waals surface area contributed by atoms with Gasteiger partial charge in [-0.25, -0.2) is 0 Å². The van der Waals surface area contributed by atoms with Crippen LogP contribution in [0.15, 0.2) is 0 Å². The molecule has 1 saturated heterocycles. The Balaban J connectivity index is 2.18. The monoisotopic (exact) mass is 192 g/mol. The van der Waals surface area contributed by atoms with E-state index in [0.29, 0.717) is 0 Å². The number of hydrogen-bond acceptors (Lipinski definition) is 1. The van der Waals surface area contributed by atoms with Gasteiger partial charge in [-0.2, -0.15) is 0 Å². The Hall–Kier alpha value is 0.759. The van der Waals surface area contributed by atoms with Crippen molar-refractivity contribution < 1.29 is 4.74 Å². The normalized spacial score (nSPS) is 34.5. The van der Waals surface area contributed by atoms with Gasteiger partial charge in [-0.3, -0.25) is 0 Å². The molecule has 1 fully saturated rings. The molecule has 2 heteroatoms. The van der Waals surface area contributed by atoms with Crippen LogP contribution in [0.2, 0.25) is 3.93 Å². The molecular formula is C4H8OSn. The van der Waals surface area contributed by atoms with Crippen LogP contribution in [0.1, 0.15) is 6.42 Å². The van der Waals surface area contributed by atoms with E-state index in [1.807, 2.05) is 0 Å². The van der Waals surface area contributed by atoms with Crippen molar-refractivity contribution in [3.8, 4) is 0 Å². The molecule has 0 aromatic rings. The molecule has 1 rings (SSSR count). The van der Waals surface area contributed by atoms with Gasteiger partial charge in [0.1, 0.15) is 0 Å². The first-order valence-corrected chi connectivity index (χ1v) is 4.13. The van der Waals surface area contributed by atoms with Crippen LogP contribution in [-0.2, 0) is 4.74 Å². The van der Waals surface area contributed by atoms with Crippen LogP contribution < -0.4 is 0 Å². The van der Waals surface area contributed by atoms with E-state index in [0.717, 1.165) is 17.1 Å². The molecule has 0 aromatic heterocycles. The first-order valence-electron chi connectivity index (χ1n) is 2.23. The predicted octanol–water partition coefficient (Wildman–Crippen LogP) is 0.0960. The second-order valence-corrected chi connectivity index (χ2v) is 4.31. The third-order valence-electron chi connectivity index (χ3n) is 0.965. The van der Waals surface area contributed by atoms with Crippen molar-refractivity contribution in [2.75, 3.05) is 13.2 Å². The molecule has 0 spiro atoms. The van der Waals surface area contributed by atoms with Gasteiger partial charge in [0.2, 0.25) is 0 Å². The van der Waals surface area contributed by atoms with Crippen LogP contribution in [0.3, 0.4) is 0 Å². The first kappa shape index (κ1) is 4.91. The topological polar surface area (TPSA) is 9.23 Å². The van der Waals surface area contributed by atoms with E-state index in [1.165, 1.54) is 28.9 Å². The number of rotatable bonds is 0. The van der Waals surface area contributed by atoms with Crippen molar-refractivity contribution in [2.24, 2.45) is 0 Å². The summed E-state index contributed by atoms with van der Waals surface area (Å²) >= 11 is 1.38. The third-order valence-corrected chi connectivity index (χ3v) is 2.47. The van der Waals surface area contributed by atoms with Gasteiger partial charge in [0.05, 0.1) is 0 Å². The Morgan fingerprint density at radius 2 is 2.50 bits per heavy atom. The standard InChI is InChI=1S/C4H7O.Sn.H/c1-2-4-5-3-1;;/h1H,2-4H2;;. The van der Waals surface area contributed by atoms with Gasteiger partial charge in [0.15, 0.2) is 0 Å². The zero-order valence-corrected chi connectivity index (χ0v) is 6.98. The van der Waals surface area contributed by atoms with Crippen molar-refractivity contribution >= 4 is 22.5 Å². The molecule has 6 heavy (non-hydrogen) atoms. The molecule has 1 unspecified atom stereocenters. The summed E-state index contributed by atoms with van der Waals surface area (Å²) < 4.78 is 6.04. The molecule has 0 aromatic carbocycles. The van der Waals surface area contributed by atoms with Crippen LogP contribution in [0.4, 0.5) is 0 Å². The zero-order valence-electron chi connectivity index (χ0n) is 3.68. The van der Waals surface area contributed by atoms with Gasteiger partial charge >= 0.3 is 50.8 Å². The van der Waals surface area contributed by atoms with Gasteiger partial charge in [0, 0.05) is 0 Å². The molecular weight excluding hydrogens is 183 g/mol. The SMILES string of the molecule is [SnH][CH]1CCOC1. The van der Waals surface area contributed by atoms with Gasteiger partial charge in [-0.15, -0.1) is 0 Å². The maximum atomic E-state index is 5.09. The van der Waals surface area contributed by atoms with E-state index in [4.69, 9.17) is 4.74 Å². The van der Waals surface area contributed by atoms with E-state index in [-0.39, 0.29) is 0 Å². The van der Waals surface area contributed by atoms with Crippen LogP contribution in [-0.4, -0.2) is 35.7 Å². The third kappa shape index (κ3) is 1.12. The van der Waals surface area contributed by atoms with Gasteiger partial charge in [-0.05, 0) is 0 Å². The fourth-order valence-electron chi connectivity index (χ4n) is 0.553. The Kier molecular flexibility index (Phi) is 1.77. The van der Waals surface area contributed by atoms with Gasteiger partial charge in [0.25, 0.3) is 0 Å². The zero-order chi connectivity index (χ0) is 4.41. The van der Waals surface area contributed by atoms with E-state index in [1.54, 1.807) is 0 Å². The Labute approximate surface area is 51.2 Å². The van der Waals surface area contributed by atoms with E-state index >= 15 is 0 Å². The second kappa shape index (κ2) is 2.17. The molecule has 1 nitrogen and oxygen atoms in total. The van der Waals surface area contributed by atoms with Crippen LogP contribution >= 0.6 is 0 Å². The summed E-state index contributed by atoms with van der Waals surface area (Å²) in [7, 11) is 0.